The summed E-state index contributed by atoms with van der Waals surface area (Å²) in [7, 11) is -3.66. The molecule has 6 nitrogen and oxygen atoms in total. The highest BCUT2D eigenvalue weighted by molar-refractivity contribution is 9.10. The zero-order valence-corrected chi connectivity index (χ0v) is 11.2. The Morgan fingerprint density at radius 3 is 2.76 bits per heavy atom. The maximum Gasteiger partial charge on any atom is 0.280 e. The second-order valence-electron chi connectivity index (χ2n) is 3.28. The van der Waals surface area contributed by atoms with E-state index in [0.29, 0.717) is 10.4 Å². The van der Waals surface area contributed by atoms with Gasteiger partial charge in [0.1, 0.15) is 16.2 Å². The van der Waals surface area contributed by atoms with Gasteiger partial charge in [-0.2, -0.15) is 8.42 Å². The molecular formula is C9H9BrN4O2S. The van der Waals surface area contributed by atoms with Crippen molar-refractivity contribution < 1.29 is 8.42 Å². The summed E-state index contributed by atoms with van der Waals surface area (Å²) < 4.78 is 26.7. The Labute approximate surface area is 107 Å². The van der Waals surface area contributed by atoms with Crippen molar-refractivity contribution in [3.63, 3.8) is 0 Å². The third kappa shape index (κ3) is 2.83. The van der Waals surface area contributed by atoms with Crippen LogP contribution in [0.15, 0.2) is 34.0 Å². The normalized spacial score (nSPS) is 11.4. The molecule has 0 aliphatic heterocycles. The lowest BCUT2D eigenvalue weighted by molar-refractivity contribution is 0.598. The van der Waals surface area contributed by atoms with Crippen molar-refractivity contribution in [1.29, 1.82) is 0 Å². The number of aromatic nitrogens is 3. The van der Waals surface area contributed by atoms with Crippen LogP contribution in [-0.2, 0) is 10.0 Å². The molecule has 0 aliphatic carbocycles. The minimum absolute atomic E-state index is 0.0109. The molecular weight excluding hydrogens is 308 g/mol. The van der Waals surface area contributed by atoms with E-state index >= 15 is 0 Å². The molecule has 0 fully saturated rings. The Kier molecular flexibility index (Phi) is 3.16. The Balaban J connectivity index is 2.29. The highest BCUT2D eigenvalue weighted by Crippen LogP contribution is 2.14. The largest absolute Gasteiger partial charge is 0.332 e. The fraction of sp³-hybridized carbons (Fsp3) is 0.111. The van der Waals surface area contributed by atoms with Gasteiger partial charge in [0.05, 0.1) is 6.20 Å². The first kappa shape index (κ1) is 12.1. The zero-order valence-electron chi connectivity index (χ0n) is 8.81. The number of halogens is 1. The van der Waals surface area contributed by atoms with Crippen LogP contribution in [0.2, 0.25) is 0 Å². The second kappa shape index (κ2) is 4.46. The predicted molar refractivity (Wildman–Crippen MR) is 66.1 cm³/mol. The third-order valence-corrected chi connectivity index (χ3v) is 3.63. The second-order valence-corrected chi connectivity index (χ2v) is 5.75. The first-order valence-electron chi connectivity index (χ1n) is 4.64. The number of imidazole rings is 1. The number of hydrogen-bond donors (Lipinski definition) is 2. The summed E-state index contributed by atoms with van der Waals surface area (Å²) in [5.41, 5.74) is 0. The maximum atomic E-state index is 11.9. The van der Waals surface area contributed by atoms with E-state index in [4.69, 9.17) is 0 Å². The first-order chi connectivity index (χ1) is 7.97. The lowest BCUT2D eigenvalue weighted by Crippen LogP contribution is -2.14. The van der Waals surface area contributed by atoms with Crippen molar-refractivity contribution in [2.24, 2.45) is 0 Å². The molecule has 0 aliphatic rings. The van der Waals surface area contributed by atoms with Crippen molar-refractivity contribution in [2.45, 2.75) is 11.9 Å². The molecule has 17 heavy (non-hydrogen) atoms. The van der Waals surface area contributed by atoms with Gasteiger partial charge in [0.2, 0.25) is 0 Å². The topological polar surface area (TPSA) is 87.7 Å². The van der Waals surface area contributed by atoms with Gasteiger partial charge in [0.25, 0.3) is 10.0 Å². The van der Waals surface area contributed by atoms with Gasteiger partial charge in [-0.05, 0) is 35.0 Å². The van der Waals surface area contributed by atoms with Crippen LogP contribution in [0.1, 0.15) is 5.82 Å². The van der Waals surface area contributed by atoms with Crippen molar-refractivity contribution >= 4 is 31.8 Å². The minimum Gasteiger partial charge on any atom is -0.332 e. The smallest absolute Gasteiger partial charge is 0.280 e. The number of anilines is 1. The van der Waals surface area contributed by atoms with Crippen LogP contribution in [0.25, 0.3) is 0 Å². The molecule has 0 atom stereocenters. The number of H-pyrrole nitrogens is 1. The zero-order chi connectivity index (χ0) is 12.5. The molecule has 2 heterocycles. The summed E-state index contributed by atoms with van der Waals surface area (Å²) in [4.78, 5) is 10.5. The van der Waals surface area contributed by atoms with Crippen LogP contribution in [0, 0.1) is 6.92 Å². The van der Waals surface area contributed by atoms with Crippen molar-refractivity contribution in [2.75, 3.05) is 4.72 Å². The van der Waals surface area contributed by atoms with Crippen LogP contribution < -0.4 is 4.72 Å². The maximum absolute atomic E-state index is 11.9. The Morgan fingerprint density at radius 1 is 1.41 bits per heavy atom. The third-order valence-electron chi connectivity index (χ3n) is 1.92. The number of sulfonamides is 1. The summed E-state index contributed by atoms with van der Waals surface area (Å²) in [5, 5.41) is 0.0109. The molecule has 2 rings (SSSR count). The van der Waals surface area contributed by atoms with Crippen molar-refractivity contribution in [1.82, 2.24) is 15.0 Å². The fourth-order valence-electron chi connectivity index (χ4n) is 1.19. The lowest BCUT2D eigenvalue weighted by atomic mass is 10.5. The van der Waals surface area contributed by atoms with E-state index in [1.165, 1.54) is 6.20 Å². The highest BCUT2D eigenvalue weighted by atomic mass is 79.9. The van der Waals surface area contributed by atoms with E-state index in [1.807, 2.05) is 0 Å². The van der Waals surface area contributed by atoms with Crippen LogP contribution in [0.4, 0.5) is 5.82 Å². The van der Waals surface area contributed by atoms with Gasteiger partial charge in [0, 0.05) is 0 Å². The van der Waals surface area contributed by atoms with E-state index in [2.05, 4.69) is 35.6 Å². The minimum atomic E-state index is -3.66. The summed E-state index contributed by atoms with van der Waals surface area (Å²) in [6.07, 6.45) is 1.26. The molecule has 0 radical (unpaired) electrons. The van der Waals surface area contributed by atoms with Gasteiger partial charge in [-0.1, -0.05) is 6.07 Å². The van der Waals surface area contributed by atoms with Crippen molar-refractivity contribution in [3.8, 4) is 0 Å². The molecule has 0 saturated carbocycles. The Hall–Kier alpha value is -1.41. The standard InChI is InChI=1S/C9H9BrN4O2S/c1-6-11-5-9(12-6)17(15,16)14-8-4-2-3-7(10)13-8/h2-5H,1H3,(H,11,12)(H,13,14). The van der Waals surface area contributed by atoms with Gasteiger partial charge < -0.3 is 4.98 Å². The summed E-state index contributed by atoms with van der Waals surface area (Å²) >= 11 is 3.16. The Bertz CT molecular complexity index is 638. The molecule has 2 N–H and O–H groups in total. The van der Waals surface area contributed by atoms with E-state index < -0.39 is 10.0 Å². The van der Waals surface area contributed by atoms with E-state index in [0.717, 1.165) is 0 Å². The van der Waals surface area contributed by atoms with Gasteiger partial charge in [-0.25, -0.2) is 9.97 Å². The number of hydrogen-bond acceptors (Lipinski definition) is 4. The Morgan fingerprint density at radius 2 is 2.18 bits per heavy atom. The molecule has 0 unspecified atom stereocenters. The molecule has 2 aromatic heterocycles. The number of aromatic amines is 1. The van der Waals surface area contributed by atoms with E-state index in [1.54, 1.807) is 25.1 Å². The average Bonchev–Trinajstić information content (AvgIpc) is 2.65. The SMILES string of the molecule is Cc1ncc(S(=O)(=O)Nc2cccc(Br)n2)[nH]1. The van der Waals surface area contributed by atoms with Gasteiger partial charge in [-0.3, -0.25) is 4.72 Å². The summed E-state index contributed by atoms with van der Waals surface area (Å²) in [6, 6.07) is 4.96. The summed E-state index contributed by atoms with van der Waals surface area (Å²) in [6.45, 7) is 1.68. The van der Waals surface area contributed by atoms with E-state index in [-0.39, 0.29) is 10.8 Å². The highest BCUT2D eigenvalue weighted by Gasteiger charge is 2.17. The number of aryl methyl sites for hydroxylation is 1. The van der Waals surface area contributed by atoms with Gasteiger partial charge in [-0.15, -0.1) is 0 Å². The molecule has 0 amide bonds. The van der Waals surface area contributed by atoms with Crippen LogP contribution in [0.3, 0.4) is 0 Å². The lowest BCUT2D eigenvalue weighted by Gasteiger charge is -2.04. The molecule has 0 aromatic carbocycles. The molecule has 2 aromatic rings. The molecule has 8 heteroatoms. The molecule has 0 bridgehead atoms. The van der Waals surface area contributed by atoms with Crippen LogP contribution in [0.5, 0.6) is 0 Å². The number of nitrogens with zero attached hydrogens (tertiary/aromatic N) is 2. The van der Waals surface area contributed by atoms with Crippen LogP contribution in [-0.4, -0.2) is 23.4 Å². The predicted octanol–water partition coefficient (Wildman–Crippen LogP) is 1.68. The number of pyridine rings is 1. The van der Waals surface area contributed by atoms with Crippen molar-refractivity contribution in [3.05, 3.63) is 34.8 Å². The monoisotopic (exact) mass is 316 g/mol. The van der Waals surface area contributed by atoms with E-state index in [9.17, 15) is 8.42 Å². The average molecular weight is 317 g/mol. The fourth-order valence-corrected chi connectivity index (χ4v) is 2.51. The molecule has 0 spiro atoms. The quantitative estimate of drug-likeness (QED) is 0.843. The molecule has 90 valence electrons. The summed E-state index contributed by atoms with van der Waals surface area (Å²) in [5.74, 6) is 0.777. The number of nitrogens with one attached hydrogen (secondary N) is 2. The van der Waals surface area contributed by atoms with Gasteiger partial charge >= 0.3 is 0 Å². The molecule has 0 saturated heterocycles. The van der Waals surface area contributed by atoms with Gasteiger partial charge in [0.15, 0.2) is 5.03 Å². The van der Waals surface area contributed by atoms with Crippen LogP contribution >= 0.6 is 15.9 Å². The number of rotatable bonds is 3. The first-order valence-corrected chi connectivity index (χ1v) is 6.92.